The maximum atomic E-state index is 12.2. The van der Waals surface area contributed by atoms with E-state index in [9.17, 15) is 14.4 Å². The summed E-state index contributed by atoms with van der Waals surface area (Å²) in [6, 6.07) is 11.7. The first-order valence-corrected chi connectivity index (χ1v) is 8.71. The zero-order valence-corrected chi connectivity index (χ0v) is 15.8. The van der Waals surface area contributed by atoms with E-state index in [2.05, 4.69) is 16.0 Å². The summed E-state index contributed by atoms with van der Waals surface area (Å²) in [6.07, 6.45) is 3.00. The van der Waals surface area contributed by atoms with Gasteiger partial charge in [0.1, 0.15) is 0 Å². The van der Waals surface area contributed by atoms with Gasteiger partial charge in [-0.2, -0.15) is 0 Å². The molecule has 3 N–H and O–H groups in total. The number of hydrogen-bond acceptors (Lipinski definition) is 3. The maximum absolute atomic E-state index is 12.2. The van der Waals surface area contributed by atoms with E-state index in [-0.39, 0.29) is 17.7 Å². The number of carbonyl (C=O) groups is 3. The highest BCUT2D eigenvalue weighted by Crippen LogP contribution is 2.21. The molecule has 2 rings (SSSR count). The van der Waals surface area contributed by atoms with Crippen molar-refractivity contribution in [3.63, 3.8) is 0 Å². The average molecular weight is 386 g/mol. The molecule has 3 amide bonds. The Morgan fingerprint density at radius 1 is 1.04 bits per heavy atom. The van der Waals surface area contributed by atoms with Gasteiger partial charge in [0.2, 0.25) is 11.8 Å². The highest BCUT2D eigenvalue weighted by atomic mass is 35.5. The molecule has 0 saturated carbocycles. The minimum atomic E-state index is -0.381. The van der Waals surface area contributed by atoms with Crippen LogP contribution in [-0.2, 0) is 9.59 Å². The summed E-state index contributed by atoms with van der Waals surface area (Å²) in [5, 5.41) is 8.44. The Bertz CT molecular complexity index is 877. The van der Waals surface area contributed by atoms with Gasteiger partial charge in [0.25, 0.3) is 5.91 Å². The van der Waals surface area contributed by atoms with E-state index >= 15 is 0 Å². The van der Waals surface area contributed by atoms with E-state index < -0.39 is 0 Å². The summed E-state index contributed by atoms with van der Waals surface area (Å²) in [7, 11) is 0. The van der Waals surface area contributed by atoms with Gasteiger partial charge < -0.3 is 16.0 Å². The highest BCUT2D eigenvalue weighted by molar-refractivity contribution is 6.31. The SMILES string of the molecule is CCNC(=O)c1cc(Cl)ccc1NC(=O)C=Cc1ccc(NC(C)=O)cc1. The lowest BCUT2D eigenvalue weighted by Gasteiger charge is -2.10. The standard InChI is InChI=1S/C20H20ClN3O3/c1-3-22-20(27)17-12-15(21)7-10-18(17)24-19(26)11-6-14-4-8-16(9-5-14)23-13(2)25/h4-12H,3H2,1-2H3,(H,22,27)(H,23,25)(H,24,26). The molecule has 7 heteroatoms. The smallest absolute Gasteiger partial charge is 0.253 e. The van der Waals surface area contributed by atoms with Crippen LogP contribution in [0.1, 0.15) is 29.8 Å². The van der Waals surface area contributed by atoms with Crippen molar-refractivity contribution in [3.8, 4) is 0 Å². The Kier molecular flexibility index (Phi) is 7.14. The molecule has 0 fully saturated rings. The summed E-state index contributed by atoms with van der Waals surface area (Å²) < 4.78 is 0. The molecular formula is C20H20ClN3O3. The van der Waals surface area contributed by atoms with Crippen molar-refractivity contribution < 1.29 is 14.4 Å². The molecule has 140 valence electrons. The van der Waals surface area contributed by atoms with Gasteiger partial charge in [-0.15, -0.1) is 0 Å². The second kappa shape index (κ2) is 9.54. The maximum Gasteiger partial charge on any atom is 0.253 e. The predicted octanol–water partition coefficient (Wildman–Crippen LogP) is 3.70. The molecule has 6 nitrogen and oxygen atoms in total. The van der Waals surface area contributed by atoms with E-state index in [0.717, 1.165) is 5.56 Å². The Morgan fingerprint density at radius 2 is 1.74 bits per heavy atom. The lowest BCUT2D eigenvalue weighted by atomic mass is 10.1. The van der Waals surface area contributed by atoms with Crippen molar-refractivity contribution in [2.75, 3.05) is 17.2 Å². The molecule has 0 saturated heterocycles. The van der Waals surface area contributed by atoms with Gasteiger partial charge in [-0.1, -0.05) is 23.7 Å². The third kappa shape index (κ3) is 6.27. The van der Waals surface area contributed by atoms with Crippen LogP contribution in [0.25, 0.3) is 6.08 Å². The first-order chi connectivity index (χ1) is 12.9. The summed E-state index contributed by atoms with van der Waals surface area (Å²) in [4.78, 5) is 35.3. The summed E-state index contributed by atoms with van der Waals surface area (Å²) in [5.74, 6) is -0.842. The zero-order valence-electron chi connectivity index (χ0n) is 15.0. The van der Waals surface area contributed by atoms with Gasteiger partial charge >= 0.3 is 0 Å². The van der Waals surface area contributed by atoms with Crippen molar-refractivity contribution in [2.24, 2.45) is 0 Å². The van der Waals surface area contributed by atoms with Gasteiger partial charge in [-0.25, -0.2) is 0 Å². The van der Waals surface area contributed by atoms with Crippen molar-refractivity contribution in [1.82, 2.24) is 5.32 Å². The number of anilines is 2. The number of benzene rings is 2. The molecule has 0 bridgehead atoms. The van der Waals surface area contributed by atoms with Crippen LogP contribution in [0.2, 0.25) is 5.02 Å². The summed E-state index contributed by atoms with van der Waals surface area (Å²) >= 11 is 5.95. The van der Waals surface area contributed by atoms with E-state index in [4.69, 9.17) is 11.6 Å². The van der Waals surface area contributed by atoms with E-state index in [0.29, 0.717) is 28.5 Å². The predicted molar refractivity (Wildman–Crippen MR) is 108 cm³/mol. The molecule has 0 aliphatic rings. The van der Waals surface area contributed by atoms with Crippen molar-refractivity contribution >= 4 is 46.8 Å². The highest BCUT2D eigenvalue weighted by Gasteiger charge is 2.12. The summed E-state index contributed by atoms with van der Waals surface area (Å²) in [5.41, 5.74) is 2.14. The first-order valence-electron chi connectivity index (χ1n) is 8.33. The van der Waals surface area contributed by atoms with Crippen molar-refractivity contribution in [2.45, 2.75) is 13.8 Å². The van der Waals surface area contributed by atoms with Gasteiger partial charge in [0, 0.05) is 30.3 Å². The van der Waals surface area contributed by atoms with Gasteiger partial charge in [0.15, 0.2) is 0 Å². The summed E-state index contributed by atoms with van der Waals surface area (Å²) in [6.45, 7) is 3.71. The molecule has 0 aromatic heterocycles. The molecule has 0 aliphatic heterocycles. The van der Waals surface area contributed by atoms with Crippen LogP contribution >= 0.6 is 11.6 Å². The van der Waals surface area contributed by atoms with Crippen molar-refractivity contribution in [3.05, 3.63) is 64.7 Å². The first kappa shape index (κ1) is 20.2. The van der Waals surface area contributed by atoms with Gasteiger partial charge in [-0.05, 0) is 48.9 Å². The Balaban J connectivity index is 2.08. The van der Waals surface area contributed by atoms with E-state index in [1.54, 1.807) is 49.4 Å². The van der Waals surface area contributed by atoms with Crippen LogP contribution < -0.4 is 16.0 Å². The molecule has 2 aromatic rings. The van der Waals surface area contributed by atoms with Crippen LogP contribution in [0.4, 0.5) is 11.4 Å². The quantitative estimate of drug-likeness (QED) is 0.662. The number of amides is 3. The fourth-order valence-electron chi connectivity index (χ4n) is 2.30. The average Bonchev–Trinajstić information content (AvgIpc) is 2.62. The van der Waals surface area contributed by atoms with Crippen LogP contribution in [0.15, 0.2) is 48.5 Å². The monoisotopic (exact) mass is 385 g/mol. The third-order valence-electron chi connectivity index (χ3n) is 3.48. The molecule has 0 heterocycles. The lowest BCUT2D eigenvalue weighted by molar-refractivity contribution is -0.114. The minimum absolute atomic E-state index is 0.149. The minimum Gasteiger partial charge on any atom is -0.352 e. The number of hydrogen-bond donors (Lipinski definition) is 3. The molecule has 0 unspecified atom stereocenters. The Hall–Kier alpha value is -3.12. The second-order valence-corrected chi connectivity index (χ2v) is 6.11. The van der Waals surface area contributed by atoms with Gasteiger partial charge in [0.05, 0.1) is 11.3 Å². The number of carbonyl (C=O) groups excluding carboxylic acids is 3. The third-order valence-corrected chi connectivity index (χ3v) is 3.71. The van der Waals surface area contributed by atoms with Crippen LogP contribution in [0, 0.1) is 0 Å². The topological polar surface area (TPSA) is 87.3 Å². The normalized spacial score (nSPS) is 10.5. The molecule has 2 aromatic carbocycles. The van der Waals surface area contributed by atoms with Crippen LogP contribution in [0.5, 0.6) is 0 Å². The fourth-order valence-corrected chi connectivity index (χ4v) is 2.47. The van der Waals surface area contributed by atoms with Gasteiger partial charge in [-0.3, -0.25) is 14.4 Å². The molecular weight excluding hydrogens is 366 g/mol. The lowest BCUT2D eigenvalue weighted by Crippen LogP contribution is -2.24. The second-order valence-electron chi connectivity index (χ2n) is 5.68. The molecule has 0 radical (unpaired) electrons. The van der Waals surface area contributed by atoms with Crippen LogP contribution in [-0.4, -0.2) is 24.3 Å². The molecule has 0 aliphatic carbocycles. The van der Waals surface area contributed by atoms with Crippen molar-refractivity contribution in [1.29, 1.82) is 0 Å². The fraction of sp³-hybridized carbons (Fsp3) is 0.150. The van der Waals surface area contributed by atoms with E-state index in [1.807, 2.05) is 0 Å². The Labute approximate surface area is 162 Å². The Morgan fingerprint density at radius 3 is 2.37 bits per heavy atom. The number of rotatable bonds is 6. The largest absolute Gasteiger partial charge is 0.352 e. The molecule has 0 atom stereocenters. The number of nitrogens with one attached hydrogen (secondary N) is 3. The molecule has 0 spiro atoms. The van der Waals surface area contributed by atoms with E-state index in [1.165, 1.54) is 19.1 Å². The number of halogens is 1. The molecule has 27 heavy (non-hydrogen) atoms. The van der Waals surface area contributed by atoms with Crippen LogP contribution in [0.3, 0.4) is 0 Å². The zero-order chi connectivity index (χ0) is 19.8.